The van der Waals surface area contributed by atoms with Gasteiger partial charge in [0, 0.05) is 36.3 Å². The van der Waals surface area contributed by atoms with Gasteiger partial charge in [0.15, 0.2) is 0 Å². The molecule has 18 heavy (non-hydrogen) atoms. The number of para-hydroxylation sites is 1. The highest BCUT2D eigenvalue weighted by atomic mass is 79.9. The fourth-order valence-corrected chi connectivity index (χ4v) is 2.85. The highest BCUT2D eigenvalue weighted by Crippen LogP contribution is 2.20. The molecule has 0 radical (unpaired) electrons. The second kappa shape index (κ2) is 6.55. The van der Waals surface area contributed by atoms with Crippen LogP contribution < -0.4 is 5.32 Å². The first-order valence-corrected chi connectivity index (χ1v) is 7.30. The molecule has 1 aromatic rings. The molecular weight excluding hydrogens is 292 g/mol. The predicted octanol–water partition coefficient (Wildman–Crippen LogP) is 2.97. The third-order valence-corrected chi connectivity index (χ3v) is 3.80. The minimum Gasteiger partial charge on any atom is -0.383 e. The quantitative estimate of drug-likeness (QED) is 0.925. The van der Waals surface area contributed by atoms with E-state index in [0.717, 1.165) is 36.3 Å². The zero-order chi connectivity index (χ0) is 13.0. The smallest absolute Gasteiger partial charge is 0.0678 e. The van der Waals surface area contributed by atoms with Crippen molar-refractivity contribution in [3.63, 3.8) is 0 Å². The molecule has 2 rings (SSSR count). The van der Waals surface area contributed by atoms with Crippen LogP contribution >= 0.6 is 15.9 Å². The molecule has 1 aromatic carbocycles. The summed E-state index contributed by atoms with van der Waals surface area (Å²) >= 11 is 3.55. The van der Waals surface area contributed by atoms with Crippen molar-refractivity contribution in [3.8, 4) is 0 Å². The highest BCUT2D eigenvalue weighted by molar-refractivity contribution is 9.10. The number of nitrogens with zero attached hydrogens (tertiary/aromatic N) is 1. The van der Waals surface area contributed by atoms with Crippen molar-refractivity contribution in [2.45, 2.75) is 26.1 Å². The van der Waals surface area contributed by atoms with Gasteiger partial charge in [-0.25, -0.2) is 0 Å². The number of benzene rings is 1. The van der Waals surface area contributed by atoms with Gasteiger partial charge in [0.25, 0.3) is 0 Å². The summed E-state index contributed by atoms with van der Waals surface area (Å²) < 4.78 is 6.85. The molecule has 1 saturated heterocycles. The van der Waals surface area contributed by atoms with Gasteiger partial charge in [-0.3, -0.25) is 4.90 Å². The van der Waals surface area contributed by atoms with Crippen LogP contribution in [0.1, 0.15) is 13.8 Å². The Labute approximate surface area is 118 Å². The maximum atomic E-state index is 5.73. The second-order valence-corrected chi connectivity index (χ2v) is 5.78. The molecule has 2 atom stereocenters. The largest absolute Gasteiger partial charge is 0.383 e. The molecule has 0 unspecified atom stereocenters. The van der Waals surface area contributed by atoms with Gasteiger partial charge >= 0.3 is 0 Å². The summed E-state index contributed by atoms with van der Waals surface area (Å²) in [5.74, 6) is 0. The van der Waals surface area contributed by atoms with Crippen LogP contribution in [0.3, 0.4) is 0 Å². The van der Waals surface area contributed by atoms with E-state index in [0.29, 0.717) is 12.2 Å². The van der Waals surface area contributed by atoms with E-state index in [2.05, 4.69) is 52.1 Å². The van der Waals surface area contributed by atoms with Gasteiger partial charge in [-0.05, 0) is 41.9 Å². The van der Waals surface area contributed by atoms with Gasteiger partial charge < -0.3 is 10.1 Å². The first-order valence-electron chi connectivity index (χ1n) is 6.51. The number of ether oxygens (including phenoxy) is 1. The fourth-order valence-electron chi connectivity index (χ4n) is 2.42. The van der Waals surface area contributed by atoms with Crippen LogP contribution in [-0.4, -0.2) is 43.3 Å². The lowest BCUT2D eigenvalue weighted by Gasteiger charge is -2.35. The molecule has 1 N–H and O–H groups in total. The molecule has 0 aromatic heterocycles. The van der Waals surface area contributed by atoms with Crippen LogP contribution in [0.2, 0.25) is 0 Å². The van der Waals surface area contributed by atoms with Gasteiger partial charge in [0.2, 0.25) is 0 Å². The average Bonchev–Trinajstić information content (AvgIpc) is 2.30. The third kappa shape index (κ3) is 3.97. The standard InChI is InChI=1S/C14H21BrN2O/c1-11-9-17(10-12(2)18-11)8-7-16-14-6-4-3-5-13(14)15/h3-6,11-12,16H,7-10H2,1-2H3/t11-,12+. The Balaban J connectivity index is 1.77. The Morgan fingerprint density at radius 1 is 1.28 bits per heavy atom. The van der Waals surface area contributed by atoms with Gasteiger partial charge in [0.1, 0.15) is 0 Å². The number of rotatable bonds is 4. The Morgan fingerprint density at radius 3 is 2.61 bits per heavy atom. The van der Waals surface area contributed by atoms with E-state index >= 15 is 0 Å². The monoisotopic (exact) mass is 312 g/mol. The van der Waals surface area contributed by atoms with Gasteiger partial charge in [-0.1, -0.05) is 12.1 Å². The molecule has 100 valence electrons. The van der Waals surface area contributed by atoms with E-state index in [9.17, 15) is 0 Å². The van der Waals surface area contributed by atoms with Gasteiger partial charge in [-0.2, -0.15) is 0 Å². The molecule has 4 heteroatoms. The summed E-state index contributed by atoms with van der Waals surface area (Å²) in [4.78, 5) is 2.46. The molecule has 0 saturated carbocycles. The number of morpholine rings is 1. The van der Waals surface area contributed by atoms with E-state index in [1.54, 1.807) is 0 Å². The lowest BCUT2D eigenvalue weighted by atomic mass is 10.2. The van der Waals surface area contributed by atoms with E-state index in [-0.39, 0.29) is 0 Å². The Hall–Kier alpha value is -0.580. The highest BCUT2D eigenvalue weighted by Gasteiger charge is 2.21. The maximum Gasteiger partial charge on any atom is 0.0678 e. The molecule has 0 aliphatic carbocycles. The molecule has 3 nitrogen and oxygen atoms in total. The molecule has 0 amide bonds. The molecular formula is C14H21BrN2O. The van der Waals surface area contributed by atoms with Crippen LogP contribution in [0.15, 0.2) is 28.7 Å². The summed E-state index contributed by atoms with van der Waals surface area (Å²) in [7, 11) is 0. The first-order chi connectivity index (χ1) is 8.65. The minimum absolute atomic E-state index is 0.345. The van der Waals surface area contributed by atoms with Crippen molar-refractivity contribution < 1.29 is 4.74 Å². The third-order valence-electron chi connectivity index (χ3n) is 3.11. The van der Waals surface area contributed by atoms with Crippen molar-refractivity contribution in [2.75, 3.05) is 31.5 Å². The van der Waals surface area contributed by atoms with Crippen LogP contribution in [0.4, 0.5) is 5.69 Å². The summed E-state index contributed by atoms with van der Waals surface area (Å²) in [5.41, 5.74) is 1.16. The molecule has 0 spiro atoms. The fraction of sp³-hybridized carbons (Fsp3) is 0.571. The minimum atomic E-state index is 0.345. The van der Waals surface area contributed by atoms with E-state index in [1.807, 2.05) is 12.1 Å². The molecule has 1 fully saturated rings. The van der Waals surface area contributed by atoms with Crippen LogP contribution in [-0.2, 0) is 4.74 Å². The predicted molar refractivity (Wildman–Crippen MR) is 79.1 cm³/mol. The van der Waals surface area contributed by atoms with Crippen molar-refractivity contribution in [3.05, 3.63) is 28.7 Å². The summed E-state index contributed by atoms with van der Waals surface area (Å²) in [6, 6.07) is 8.22. The second-order valence-electron chi connectivity index (χ2n) is 4.92. The topological polar surface area (TPSA) is 24.5 Å². The number of halogens is 1. The van der Waals surface area contributed by atoms with Crippen molar-refractivity contribution in [1.82, 2.24) is 4.90 Å². The molecule has 1 aliphatic heterocycles. The SMILES string of the molecule is C[C@@H]1CN(CCNc2ccccc2Br)C[C@H](C)O1. The number of nitrogens with one attached hydrogen (secondary N) is 1. The summed E-state index contributed by atoms with van der Waals surface area (Å²) in [6.07, 6.45) is 0.689. The molecule has 0 bridgehead atoms. The van der Waals surface area contributed by atoms with Crippen molar-refractivity contribution in [1.29, 1.82) is 0 Å². The average molecular weight is 313 g/mol. The van der Waals surface area contributed by atoms with Crippen LogP contribution in [0.25, 0.3) is 0 Å². The number of hydrogen-bond donors (Lipinski definition) is 1. The lowest BCUT2D eigenvalue weighted by molar-refractivity contribution is -0.0667. The summed E-state index contributed by atoms with van der Waals surface area (Å²) in [6.45, 7) is 8.36. The zero-order valence-corrected chi connectivity index (χ0v) is 12.6. The first kappa shape index (κ1) is 13.8. The lowest BCUT2D eigenvalue weighted by Crippen LogP contribution is -2.46. The number of hydrogen-bond acceptors (Lipinski definition) is 3. The Bertz CT molecular complexity index is 376. The van der Waals surface area contributed by atoms with E-state index in [4.69, 9.17) is 4.74 Å². The van der Waals surface area contributed by atoms with E-state index in [1.165, 1.54) is 0 Å². The van der Waals surface area contributed by atoms with Gasteiger partial charge in [-0.15, -0.1) is 0 Å². The van der Waals surface area contributed by atoms with Crippen molar-refractivity contribution in [2.24, 2.45) is 0 Å². The molecule has 1 heterocycles. The Kier molecular flexibility index (Phi) is 5.03. The maximum absolute atomic E-state index is 5.73. The Morgan fingerprint density at radius 2 is 1.94 bits per heavy atom. The van der Waals surface area contributed by atoms with Gasteiger partial charge in [0.05, 0.1) is 12.2 Å². The van der Waals surface area contributed by atoms with Crippen LogP contribution in [0, 0.1) is 0 Å². The number of anilines is 1. The van der Waals surface area contributed by atoms with Crippen molar-refractivity contribution >= 4 is 21.6 Å². The van der Waals surface area contributed by atoms with E-state index < -0.39 is 0 Å². The summed E-state index contributed by atoms with van der Waals surface area (Å²) in [5, 5.41) is 3.46. The zero-order valence-electron chi connectivity index (χ0n) is 11.0. The van der Waals surface area contributed by atoms with Crippen LogP contribution in [0.5, 0.6) is 0 Å². The normalized spacial score (nSPS) is 25.1. The molecule has 1 aliphatic rings.